The fraction of sp³-hybridized carbons (Fsp3) is 0.0769. The quantitative estimate of drug-likeness (QED) is 0.741. The van der Waals surface area contributed by atoms with Gasteiger partial charge in [0.2, 0.25) is 5.91 Å². The maximum absolute atomic E-state index is 11.8. The van der Waals surface area contributed by atoms with Crippen LogP contribution >= 0.6 is 11.8 Å². The first-order valence-corrected chi connectivity index (χ1v) is 6.94. The fourth-order valence-corrected chi connectivity index (χ4v) is 2.31. The minimum absolute atomic E-state index is 0.0631. The lowest BCUT2D eigenvalue weighted by Gasteiger charge is -2.04. The zero-order chi connectivity index (χ0) is 13.8. The van der Waals surface area contributed by atoms with E-state index in [0.29, 0.717) is 11.4 Å². The summed E-state index contributed by atoms with van der Waals surface area (Å²) in [7, 11) is 0. The van der Waals surface area contributed by atoms with Crippen LogP contribution in [-0.4, -0.2) is 31.5 Å². The van der Waals surface area contributed by atoms with E-state index in [0.717, 1.165) is 10.7 Å². The summed E-state index contributed by atoms with van der Waals surface area (Å²) in [5.74, 6) is 0.238. The van der Waals surface area contributed by atoms with Gasteiger partial charge in [-0.25, -0.2) is 0 Å². The van der Waals surface area contributed by atoms with E-state index in [1.165, 1.54) is 18.1 Å². The van der Waals surface area contributed by atoms with Crippen molar-refractivity contribution in [2.75, 3.05) is 11.1 Å². The third-order valence-electron chi connectivity index (χ3n) is 2.55. The molecule has 0 aliphatic rings. The number of nitrogens with zero attached hydrogens (tertiary/aromatic N) is 4. The standard InChI is InChI=1S/C13H11N5OS/c19-12(15-10-4-2-1-3-5-10)8-20-13-7-6-11-16-14-9-18(11)17-13/h1-7,9H,8H2,(H,15,19). The van der Waals surface area contributed by atoms with Crippen LogP contribution in [0, 0.1) is 0 Å². The summed E-state index contributed by atoms with van der Waals surface area (Å²) in [6.45, 7) is 0. The maximum Gasteiger partial charge on any atom is 0.234 e. The number of aromatic nitrogens is 4. The van der Waals surface area contributed by atoms with E-state index in [2.05, 4.69) is 20.6 Å². The molecule has 0 saturated carbocycles. The zero-order valence-electron chi connectivity index (χ0n) is 10.4. The summed E-state index contributed by atoms with van der Waals surface area (Å²) in [5.41, 5.74) is 1.48. The SMILES string of the molecule is O=C(CSc1ccc2nncn2n1)Nc1ccccc1. The number of thioether (sulfide) groups is 1. The van der Waals surface area contributed by atoms with Crippen LogP contribution in [0.5, 0.6) is 0 Å². The topological polar surface area (TPSA) is 72.2 Å². The highest BCUT2D eigenvalue weighted by molar-refractivity contribution is 7.99. The number of amides is 1. The van der Waals surface area contributed by atoms with E-state index < -0.39 is 0 Å². The van der Waals surface area contributed by atoms with Gasteiger partial charge in [0.15, 0.2) is 5.65 Å². The number of benzene rings is 1. The Labute approximate surface area is 119 Å². The first-order valence-electron chi connectivity index (χ1n) is 5.96. The second-order valence-electron chi connectivity index (χ2n) is 4.01. The molecule has 0 atom stereocenters. The Bertz CT molecular complexity index is 728. The Balaban J connectivity index is 1.59. The molecule has 1 aromatic carbocycles. The van der Waals surface area contributed by atoms with Gasteiger partial charge in [-0.2, -0.15) is 9.61 Å². The van der Waals surface area contributed by atoms with Crippen LogP contribution in [-0.2, 0) is 4.79 Å². The van der Waals surface area contributed by atoms with Gasteiger partial charge in [-0.05, 0) is 24.3 Å². The number of para-hydroxylation sites is 1. The highest BCUT2D eigenvalue weighted by Crippen LogP contribution is 2.15. The van der Waals surface area contributed by atoms with Crippen LogP contribution in [0.4, 0.5) is 5.69 Å². The predicted octanol–water partition coefficient (Wildman–Crippen LogP) is 1.86. The zero-order valence-corrected chi connectivity index (χ0v) is 11.2. The second-order valence-corrected chi connectivity index (χ2v) is 5.00. The summed E-state index contributed by atoms with van der Waals surface area (Å²) >= 11 is 1.37. The molecule has 20 heavy (non-hydrogen) atoms. The molecule has 3 rings (SSSR count). The third kappa shape index (κ3) is 2.94. The van der Waals surface area contributed by atoms with E-state index in [9.17, 15) is 4.79 Å². The van der Waals surface area contributed by atoms with Crippen molar-refractivity contribution >= 4 is 29.0 Å². The van der Waals surface area contributed by atoms with Crippen molar-refractivity contribution in [3.63, 3.8) is 0 Å². The van der Waals surface area contributed by atoms with Crippen molar-refractivity contribution in [2.45, 2.75) is 5.03 Å². The van der Waals surface area contributed by atoms with Crippen LogP contribution in [0.1, 0.15) is 0 Å². The summed E-state index contributed by atoms with van der Waals surface area (Å²) < 4.78 is 1.58. The van der Waals surface area contributed by atoms with Gasteiger partial charge >= 0.3 is 0 Å². The van der Waals surface area contributed by atoms with Gasteiger partial charge in [0.1, 0.15) is 11.4 Å². The average molecular weight is 285 g/mol. The lowest BCUT2D eigenvalue weighted by atomic mass is 10.3. The number of hydrogen-bond acceptors (Lipinski definition) is 5. The largest absolute Gasteiger partial charge is 0.325 e. The lowest BCUT2D eigenvalue weighted by Crippen LogP contribution is -2.14. The molecule has 0 aliphatic heterocycles. The Kier molecular flexibility index (Phi) is 3.60. The predicted molar refractivity (Wildman–Crippen MR) is 76.6 cm³/mol. The van der Waals surface area contributed by atoms with Gasteiger partial charge in [0.25, 0.3) is 0 Å². The lowest BCUT2D eigenvalue weighted by molar-refractivity contribution is -0.113. The minimum atomic E-state index is -0.0631. The number of fused-ring (bicyclic) bond motifs is 1. The van der Waals surface area contributed by atoms with Gasteiger partial charge < -0.3 is 5.32 Å². The van der Waals surface area contributed by atoms with Crippen molar-refractivity contribution in [3.8, 4) is 0 Å². The van der Waals surface area contributed by atoms with Gasteiger partial charge in [0, 0.05) is 5.69 Å². The normalized spacial score (nSPS) is 10.6. The number of carbonyl (C=O) groups is 1. The molecular formula is C13H11N5OS. The molecule has 3 aromatic rings. The van der Waals surface area contributed by atoms with Crippen LogP contribution in [0.25, 0.3) is 5.65 Å². The number of carbonyl (C=O) groups excluding carboxylic acids is 1. The average Bonchev–Trinajstić information content (AvgIpc) is 2.93. The molecule has 0 fully saturated rings. The highest BCUT2D eigenvalue weighted by atomic mass is 32.2. The van der Waals surface area contributed by atoms with Gasteiger partial charge in [-0.3, -0.25) is 4.79 Å². The molecule has 0 aliphatic carbocycles. The second kappa shape index (κ2) is 5.70. The van der Waals surface area contributed by atoms with Crippen molar-refractivity contribution in [3.05, 3.63) is 48.8 Å². The Morgan fingerprint density at radius 2 is 2.05 bits per heavy atom. The highest BCUT2D eigenvalue weighted by Gasteiger charge is 2.05. The van der Waals surface area contributed by atoms with Crippen LogP contribution in [0.3, 0.4) is 0 Å². The Hall–Kier alpha value is -2.41. The fourth-order valence-electron chi connectivity index (χ4n) is 1.65. The third-order valence-corrected chi connectivity index (χ3v) is 3.47. The van der Waals surface area contributed by atoms with E-state index in [4.69, 9.17) is 0 Å². The molecule has 2 heterocycles. The first-order chi connectivity index (χ1) is 9.81. The van der Waals surface area contributed by atoms with Crippen molar-refractivity contribution < 1.29 is 4.79 Å². The number of nitrogens with one attached hydrogen (secondary N) is 1. The molecule has 0 unspecified atom stereocenters. The van der Waals surface area contributed by atoms with E-state index in [-0.39, 0.29) is 5.91 Å². The monoisotopic (exact) mass is 285 g/mol. The molecule has 7 heteroatoms. The summed E-state index contributed by atoms with van der Waals surface area (Å²) in [5, 5.41) is 15.5. The van der Waals surface area contributed by atoms with Crippen LogP contribution in [0.15, 0.2) is 53.8 Å². The number of hydrogen-bond donors (Lipinski definition) is 1. The van der Waals surface area contributed by atoms with Crippen molar-refractivity contribution in [2.24, 2.45) is 0 Å². The molecule has 1 N–H and O–H groups in total. The smallest absolute Gasteiger partial charge is 0.234 e. The molecule has 0 saturated heterocycles. The molecule has 0 spiro atoms. The maximum atomic E-state index is 11.8. The first kappa shape index (κ1) is 12.6. The van der Waals surface area contributed by atoms with Gasteiger partial charge in [-0.15, -0.1) is 10.2 Å². The molecule has 6 nitrogen and oxygen atoms in total. The molecule has 1 amide bonds. The Morgan fingerprint density at radius 3 is 2.90 bits per heavy atom. The summed E-state index contributed by atoms with van der Waals surface area (Å²) in [6.07, 6.45) is 1.53. The van der Waals surface area contributed by atoms with Gasteiger partial charge in [0.05, 0.1) is 5.75 Å². The van der Waals surface area contributed by atoms with E-state index in [1.54, 1.807) is 4.52 Å². The molecule has 100 valence electrons. The minimum Gasteiger partial charge on any atom is -0.325 e. The number of anilines is 1. The summed E-state index contributed by atoms with van der Waals surface area (Å²) in [6, 6.07) is 13.0. The van der Waals surface area contributed by atoms with Crippen molar-refractivity contribution in [1.82, 2.24) is 19.8 Å². The van der Waals surface area contributed by atoms with E-state index >= 15 is 0 Å². The van der Waals surface area contributed by atoms with Crippen molar-refractivity contribution in [1.29, 1.82) is 0 Å². The van der Waals surface area contributed by atoms with Crippen LogP contribution in [0.2, 0.25) is 0 Å². The summed E-state index contributed by atoms with van der Waals surface area (Å²) in [4.78, 5) is 11.8. The molecule has 0 radical (unpaired) electrons. The molecule has 0 bridgehead atoms. The van der Waals surface area contributed by atoms with Crippen LogP contribution < -0.4 is 5.32 Å². The number of rotatable bonds is 4. The molecule has 2 aromatic heterocycles. The molecular weight excluding hydrogens is 274 g/mol. The van der Waals surface area contributed by atoms with Gasteiger partial charge in [-0.1, -0.05) is 30.0 Å². The van der Waals surface area contributed by atoms with E-state index in [1.807, 2.05) is 42.5 Å². The Morgan fingerprint density at radius 1 is 1.20 bits per heavy atom.